The van der Waals surface area contributed by atoms with Crippen LogP contribution in [0.15, 0.2) is 119 Å². The van der Waals surface area contributed by atoms with Crippen LogP contribution in [0.25, 0.3) is 0 Å². The maximum Gasteiger partial charge on any atom is 0.333 e. The molecule has 5 atom stereocenters. The molecule has 0 amide bonds. The molecule has 0 spiro atoms. The van der Waals surface area contributed by atoms with Gasteiger partial charge in [-0.05, 0) is 54.9 Å². The highest BCUT2D eigenvalue weighted by atomic mass is 16.7. The fraction of sp³-hybridized carbons (Fsp3) is 0.444. The Kier molecular flexibility index (Phi) is 22.5. The van der Waals surface area contributed by atoms with Gasteiger partial charge in [0.15, 0.2) is 24.6 Å². The molecule has 0 N–H and O–H groups in total. The number of rotatable bonds is 19. The quantitative estimate of drug-likeness (QED) is 0.0541. The van der Waals surface area contributed by atoms with Crippen molar-refractivity contribution in [2.45, 2.75) is 119 Å². The van der Waals surface area contributed by atoms with Gasteiger partial charge in [-0.15, -0.1) is 0 Å². The highest BCUT2D eigenvalue weighted by molar-refractivity contribution is 5.87. The van der Waals surface area contributed by atoms with Gasteiger partial charge in [0.25, 0.3) is 0 Å². The fourth-order valence-corrected chi connectivity index (χ4v) is 5.09. The molecule has 12 nitrogen and oxygen atoms in total. The Morgan fingerprint density at radius 1 is 0.561 bits per heavy atom. The largest absolute Gasteiger partial charge is 0.466 e. The molecule has 0 aromatic rings. The molecular weight excluding hydrogens is 732 g/mol. The molecule has 1 fully saturated rings. The smallest absolute Gasteiger partial charge is 0.333 e. The second-order valence-electron chi connectivity index (χ2n) is 14.0. The number of carbonyl (C=O) groups is 5. The third kappa shape index (κ3) is 21.5. The maximum absolute atomic E-state index is 12.2. The molecular formula is C45H60O12. The summed E-state index contributed by atoms with van der Waals surface area (Å²) >= 11 is 0. The molecule has 1 heterocycles. The Balaban J connectivity index is 2.94. The zero-order valence-corrected chi connectivity index (χ0v) is 35.4. The van der Waals surface area contributed by atoms with E-state index in [0.29, 0.717) is 12.0 Å². The van der Waals surface area contributed by atoms with Crippen LogP contribution in [0.2, 0.25) is 0 Å². The Morgan fingerprint density at radius 2 is 1.00 bits per heavy atom. The first-order valence-electron chi connectivity index (χ1n) is 18.5. The van der Waals surface area contributed by atoms with Crippen LogP contribution in [0.3, 0.4) is 0 Å². The lowest BCUT2D eigenvalue weighted by Crippen LogP contribution is -2.63. The maximum atomic E-state index is 12.2. The van der Waals surface area contributed by atoms with Crippen molar-refractivity contribution >= 4 is 29.8 Å². The zero-order valence-electron chi connectivity index (χ0n) is 35.4. The van der Waals surface area contributed by atoms with Gasteiger partial charge in [-0.1, -0.05) is 113 Å². The van der Waals surface area contributed by atoms with Crippen LogP contribution in [0, 0.1) is 0 Å². The summed E-state index contributed by atoms with van der Waals surface area (Å²) < 4.78 is 38.7. The second kappa shape index (κ2) is 25.8. The zero-order chi connectivity index (χ0) is 43.1. The van der Waals surface area contributed by atoms with E-state index in [1.54, 1.807) is 13.0 Å². The predicted octanol–water partition coefficient (Wildman–Crippen LogP) is 7.94. The lowest BCUT2D eigenvalue weighted by Gasteiger charge is -2.45. The summed E-state index contributed by atoms with van der Waals surface area (Å²) in [5.41, 5.74) is 3.81. The Bertz CT molecular complexity index is 1710. The molecule has 0 radical (unpaired) electrons. The van der Waals surface area contributed by atoms with Crippen molar-refractivity contribution in [1.29, 1.82) is 0 Å². The first-order valence-corrected chi connectivity index (χ1v) is 18.5. The van der Waals surface area contributed by atoms with Crippen molar-refractivity contribution in [2.75, 3.05) is 13.7 Å². The number of hydrogen-bond acceptors (Lipinski definition) is 12. The van der Waals surface area contributed by atoms with Gasteiger partial charge in [-0.2, -0.15) is 0 Å². The molecule has 1 saturated heterocycles. The normalized spacial score (nSPS) is 21.8. The highest BCUT2D eigenvalue weighted by Gasteiger charge is 2.53. The van der Waals surface area contributed by atoms with E-state index in [9.17, 15) is 24.0 Å². The topological polar surface area (TPSA) is 150 Å². The van der Waals surface area contributed by atoms with E-state index in [1.807, 2.05) is 127 Å². The molecule has 57 heavy (non-hydrogen) atoms. The summed E-state index contributed by atoms with van der Waals surface area (Å²) in [5, 5.41) is 0. The first-order chi connectivity index (χ1) is 26.7. The van der Waals surface area contributed by atoms with Crippen molar-refractivity contribution in [3.63, 3.8) is 0 Å². The van der Waals surface area contributed by atoms with E-state index in [0.717, 1.165) is 36.1 Å². The lowest BCUT2D eigenvalue weighted by molar-refractivity contribution is -0.327. The molecule has 1 aliphatic heterocycles. The van der Waals surface area contributed by atoms with Gasteiger partial charge in [0, 0.05) is 33.3 Å². The van der Waals surface area contributed by atoms with Gasteiger partial charge in [-0.3, -0.25) is 19.2 Å². The van der Waals surface area contributed by atoms with E-state index in [-0.39, 0.29) is 12.6 Å². The molecule has 0 aromatic carbocycles. The van der Waals surface area contributed by atoms with Crippen LogP contribution in [0.1, 0.15) is 82.6 Å². The monoisotopic (exact) mass is 792 g/mol. The molecule has 0 saturated carbocycles. The summed E-state index contributed by atoms with van der Waals surface area (Å²) in [4.78, 5) is 59.3. The molecule has 12 heteroatoms. The third-order valence-electron chi connectivity index (χ3n) is 7.85. The van der Waals surface area contributed by atoms with Crippen LogP contribution in [0.4, 0.5) is 0 Å². The lowest BCUT2D eigenvalue weighted by atomic mass is 9.97. The number of allylic oxidation sites excluding steroid dienone is 18. The molecule has 0 unspecified atom stereocenters. The second-order valence-corrected chi connectivity index (χ2v) is 14.0. The van der Waals surface area contributed by atoms with Gasteiger partial charge in [-0.25, -0.2) is 4.79 Å². The molecule has 312 valence electrons. The van der Waals surface area contributed by atoms with Gasteiger partial charge in [0.05, 0.1) is 12.7 Å². The fourth-order valence-electron chi connectivity index (χ4n) is 5.09. The summed E-state index contributed by atoms with van der Waals surface area (Å²) in [6.07, 6.45) is 23.3. The van der Waals surface area contributed by atoms with Crippen molar-refractivity contribution in [2.24, 2.45) is 0 Å². The van der Waals surface area contributed by atoms with Gasteiger partial charge >= 0.3 is 29.8 Å². The average Bonchev–Trinajstić information content (AvgIpc) is 3.10. The van der Waals surface area contributed by atoms with Crippen molar-refractivity contribution in [3.05, 3.63) is 119 Å². The minimum Gasteiger partial charge on any atom is -0.466 e. The molecule has 0 bridgehead atoms. The van der Waals surface area contributed by atoms with Crippen LogP contribution in [0.5, 0.6) is 0 Å². The first kappa shape index (κ1) is 49.7. The molecule has 0 aromatic heterocycles. The Labute approximate surface area is 337 Å². The van der Waals surface area contributed by atoms with E-state index in [2.05, 4.69) is 4.74 Å². The van der Waals surface area contributed by atoms with Gasteiger partial charge in [0.1, 0.15) is 12.7 Å². The summed E-state index contributed by atoms with van der Waals surface area (Å²) in [6, 6.07) is 0. The summed E-state index contributed by atoms with van der Waals surface area (Å²) in [7, 11) is 1.36. The number of esters is 5. The van der Waals surface area contributed by atoms with Crippen molar-refractivity contribution in [3.8, 4) is 0 Å². The SMILES string of the molecule is COC(=O)/C(C)=C/C=C/C(C)=C/C=C/C=C(C)/C=C/C=C(C)/C=C/C=C(C)/C=C/CC(C)(C)O[C@@H]1O[C@H](COC(C)=O)[C@@H](OC(C)=O)[C@H](OC(C)=O)[C@H]1OC(C)=O. The molecule has 0 aliphatic carbocycles. The van der Waals surface area contributed by atoms with Crippen LogP contribution < -0.4 is 0 Å². The van der Waals surface area contributed by atoms with Crippen molar-refractivity contribution in [1.82, 2.24) is 0 Å². The van der Waals surface area contributed by atoms with Crippen molar-refractivity contribution < 1.29 is 57.1 Å². The predicted molar refractivity (Wildman–Crippen MR) is 218 cm³/mol. The summed E-state index contributed by atoms with van der Waals surface area (Å²) in [5.74, 6) is -3.09. The minimum absolute atomic E-state index is 0.340. The average molecular weight is 793 g/mol. The highest BCUT2D eigenvalue weighted by Crippen LogP contribution is 2.33. The number of carbonyl (C=O) groups excluding carboxylic acids is 5. The van der Waals surface area contributed by atoms with Crippen LogP contribution >= 0.6 is 0 Å². The number of methoxy groups -OCH3 is 1. The number of ether oxygens (including phenoxy) is 7. The minimum atomic E-state index is -1.31. The third-order valence-corrected chi connectivity index (χ3v) is 7.85. The van der Waals surface area contributed by atoms with Crippen LogP contribution in [-0.4, -0.2) is 79.9 Å². The van der Waals surface area contributed by atoms with E-state index in [1.165, 1.54) is 21.0 Å². The van der Waals surface area contributed by atoms with E-state index < -0.39 is 60.2 Å². The van der Waals surface area contributed by atoms with E-state index >= 15 is 0 Å². The van der Waals surface area contributed by atoms with Gasteiger partial charge in [0.2, 0.25) is 0 Å². The van der Waals surface area contributed by atoms with E-state index in [4.69, 9.17) is 28.4 Å². The Morgan fingerprint density at radius 3 is 1.47 bits per heavy atom. The number of hydrogen-bond donors (Lipinski definition) is 0. The standard InChI is InChI=1S/C45H60O12/c1-30(19-13-14-20-31(2)25-17-27-34(5)43(50)51-12)21-15-22-32(3)23-16-24-33(4)26-18-28-45(10,11)57-44-42(55-38(9)49)41(54-37(8)48)40(53-36(7)47)39(56-44)29-52-35(6)46/h13-27,39-42,44H,28-29H2,1-12H3/b14-13+,21-15+,23-16+,25-17+,26-18+,30-19+,31-20+,32-22+,33-24+,34-27+/t39-,40-,41+,42-,44+/m1/s1. The summed E-state index contributed by atoms with van der Waals surface area (Å²) in [6.45, 7) is 17.7. The molecule has 1 aliphatic rings. The Hall–Kier alpha value is -5.33. The van der Waals surface area contributed by atoms with Crippen LogP contribution in [-0.2, 0) is 57.1 Å². The van der Waals surface area contributed by atoms with Gasteiger partial charge < -0.3 is 33.2 Å². The molecule has 1 rings (SSSR count).